The first-order chi connectivity index (χ1) is 7.76. The van der Waals surface area contributed by atoms with Crippen molar-refractivity contribution >= 4 is 12.2 Å². The number of carbonyl (C=O) groups excluding carboxylic acids is 1. The first-order valence-corrected chi connectivity index (χ1v) is 4.91. The van der Waals surface area contributed by atoms with Crippen LogP contribution in [0.15, 0.2) is 24.3 Å². The summed E-state index contributed by atoms with van der Waals surface area (Å²) >= 11 is 0. The Bertz CT molecular complexity index is 518. The van der Waals surface area contributed by atoms with Gasteiger partial charge in [-0.25, -0.2) is 0 Å². The van der Waals surface area contributed by atoms with E-state index >= 15 is 0 Å². The molecule has 0 saturated heterocycles. The molecule has 0 radical (unpaired) electrons. The fourth-order valence-corrected chi connectivity index (χ4v) is 1.56. The monoisotopic (exact) mass is 216 g/mol. The molecule has 2 rings (SSSR count). The van der Waals surface area contributed by atoms with Gasteiger partial charge in [-0.1, -0.05) is 12.1 Å². The van der Waals surface area contributed by atoms with Crippen molar-refractivity contribution < 1.29 is 4.79 Å². The molecule has 0 aliphatic rings. The Labute approximate surface area is 93.1 Å². The molecular weight excluding hydrogens is 204 g/mol. The number of anilines is 1. The summed E-state index contributed by atoms with van der Waals surface area (Å²) in [5.41, 5.74) is 1.99. The van der Waals surface area contributed by atoms with Gasteiger partial charge in [-0.05, 0) is 24.6 Å². The number of nitrogens with one attached hydrogen (secondary N) is 1. The van der Waals surface area contributed by atoms with E-state index in [4.69, 9.17) is 0 Å². The van der Waals surface area contributed by atoms with E-state index in [1.54, 1.807) is 11.6 Å². The van der Waals surface area contributed by atoms with E-state index < -0.39 is 0 Å². The van der Waals surface area contributed by atoms with Crippen molar-refractivity contribution in [3.05, 3.63) is 35.7 Å². The lowest BCUT2D eigenvalue weighted by Gasteiger charge is -2.07. The fraction of sp³-hybridized carbons (Fsp3) is 0.182. The Kier molecular flexibility index (Phi) is 2.68. The zero-order valence-electron chi connectivity index (χ0n) is 9.14. The summed E-state index contributed by atoms with van der Waals surface area (Å²) in [7, 11) is 1.74. The summed E-state index contributed by atoms with van der Waals surface area (Å²) in [5, 5.41) is 10.6. The van der Waals surface area contributed by atoms with Crippen LogP contribution >= 0.6 is 0 Å². The van der Waals surface area contributed by atoms with Gasteiger partial charge in [0.15, 0.2) is 6.29 Å². The van der Waals surface area contributed by atoms with Gasteiger partial charge in [0.1, 0.15) is 0 Å². The third-order valence-electron chi connectivity index (χ3n) is 2.28. The third-order valence-corrected chi connectivity index (χ3v) is 2.28. The SMILES string of the molecule is CNc1nnc(C=O)n1-c1cccc(C)c1. The maximum Gasteiger partial charge on any atom is 0.229 e. The highest BCUT2D eigenvalue weighted by Gasteiger charge is 2.11. The summed E-state index contributed by atoms with van der Waals surface area (Å²) in [6.45, 7) is 1.99. The van der Waals surface area contributed by atoms with Crippen molar-refractivity contribution in [2.75, 3.05) is 12.4 Å². The second-order valence-electron chi connectivity index (χ2n) is 3.42. The summed E-state index contributed by atoms with van der Waals surface area (Å²) in [6, 6.07) is 7.80. The molecule has 1 N–H and O–H groups in total. The molecule has 0 spiro atoms. The van der Waals surface area contributed by atoms with E-state index in [9.17, 15) is 4.79 Å². The Balaban J connectivity index is 2.61. The largest absolute Gasteiger partial charge is 0.357 e. The topological polar surface area (TPSA) is 59.8 Å². The second kappa shape index (κ2) is 4.14. The quantitative estimate of drug-likeness (QED) is 0.788. The van der Waals surface area contributed by atoms with E-state index in [-0.39, 0.29) is 5.82 Å². The van der Waals surface area contributed by atoms with Crippen molar-refractivity contribution in [1.29, 1.82) is 0 Å². The molecule has 1 aromatic carbocycles. The molecule has 0 fully saturated rings. The normalized spacial score (nSPS) is 10.1. The lowest BCUT2D eigenvalue weighted by molar-refractivity contribution is 0.111. The Morgan fingerprint density at radius 2 is 2.19 bits per heavy atom. The van der Waals surface area contributed by atoms with Gasteiger partial charge in [0.05, 0.1) is 5.69 Å². The van der Waals surface area contributed by atoms with Gasteiger partial charge in [0, 0.05) is 7.05 Å². The molecule has 1 aromatic heterocycles. The van der Waals surface area contributed by atoms with Crippen LogP contribution in [-0.4, -0.2) is 28.1 Å². The van der Waals surface area contributed by atoms with Crippen LogP contribution in [0.4, 0.5) is 5.95 Å². The van der Waals surface area contributed by atoms with Crippen LogP contribution in [0.2, 0.25) is 0 Å². The predicted octanol–water partition coefficient (Wildman–Crippen LogP) is 1.43. The molecule has 5 nitrogen and oxygen atoms in total. The van der Waals surface area contributed by atoms with Gasteiger partial charge in [-0.3, -0.25) is 9.36 Å². The van der Waals surface area contributed by atoms with Crippen LogP contribution in [0.25, 0.3) is 5.69 Å². The summed E-state index contributed by atoms with van der Waals surface area (Å²) in [6.07, 6.45) is 0.691. The zero-order chi connectivity index (χ0) is 11.5. The number of aldehydes is 1. The number of carbonyl (C=O) groups is 1. The Morgan fingerprint density at radius 1 is 1.38 bits per heavy atom. The molecule has 2 aromatic rings. The average molecular weight is 216 g/mol. The second-order valence-corrected chi connectivity index (χ2v) is 3.42. The van der Waals surface area contributed by atoms with Gasteiger partial charge in [0.2, 0.25) is 11.8 Å². The summed E-state index contributed by atoms with van der Waals surface area (Å²) < 4.78 is 1.68. The van der Waals surface area contributed by atoms with E-state index in [1.807, 2.05) is 31.2 Å². The van der Waals surface area contributed by atoms with Crippen molar-refractivity contribution in [2.24, 2.45) is 0 Å². The number of rotatable bonds is 3. The maximum atomic E-state index is 10.9. The van der Waals surface area contributed by atoms with E-state index in [0.717, 1.165) is 11.3 Å². The van der Waals surface area contributed by atoms with Gasteiger partial charge in [0.25, 0.3) is 0 Å². The highest BCUT2D eigenvalue weighted by atomic mass is 16.1. The molecule has 5 heteroatoms. The molecule has 16 heavy (non-hydrogen) atoms. The number of hydrogen-bond donors (Lipinski definition) is 1. The van der Waals surface area contributed by atoms with Crippen LogP contribution in [0.1, 0.15) is 16.2 Å². The minimum absolute atomic E-state index is 0.287. The first kappa shape index (κ1) is 10.4. The number of benzene rings is 1. The van der Waals surface area contributed by atoms with Crippen LogP contribution in [-0.2, 0) is 0 Å². The lowest BCUT2D eigenvalue weighted by atomic mass is 10.2. The third kappa shape index (κ3) is 1.67. The fourth-order valence-electron chi connectivity index (χ4n) is 1.56. The van der Waals surface area contributed by atoms with E-state index in [0.29, 0.717) is 12.2 Å². The molecule has 82 valence electrons. The van der Waals surface area contributed by atoms with Crippen molar-refractivity contribution in [3.63, 3.8) is 0 Å². The standard InChI is InChI=1S/C11H12N4O/c1-8-4-3-5-9(6-8)15-10(7-16)13-14-11(15)12-2/h3-7H,1-2H3,(H,12,14). The van der Waals surface area contributed by atoms with Gasteiger partial charge < -0.3 is 5.32 Å². The van der Waals surface area contributed by atoms with Crippen molar-refractivity contribution in [2.45, 2.75) is 6.92 Å². The maximum absolute atomic E-state index is 10.9. The van der Waals surface area contributed by atoms with E-state index in [2.05, 4.69) is 15.5 Å². The van der Waals surface area contributed by atoms with E-state index in [1.165, 1.54) is 0 Å². The lowest BCUT2D eigenvalue weighted by Crippen LogP contribution is -2.04. The summed E-state index contributed by atoms with van der Waals surface area (Å²) in [4.78, 5) is 10.9. The molecule has 0 saturated carbocycles. The number of hydrogen-bond acceptors (Lipinski definition) is 4. The Hall–Kier alpha value is -2.17. The molecular formula is C11H12N4O. The first-order valence-electron chi connectivity index (χ1n) is 4.91. The minimum atomic E-state index is 0.287. The molecule has 0 amide bonds. The van der Waals surface area contributed by atoms with Gasteiger partial charge >= 0.3 is 0 Å². The molecule has 0 bridgehead atoms. The highest BCUT2D eigenvalue weighted by Crippen LogP contribution is 2.16. The summed E-state index contributed by atoms with van der Waals surface area (Å²) in [5.74, 6) is 0.836. The molecule has 0 atom stereocenters. The smallest absolute Gasteiger partial charge is 0.229 e. The average Bonchev–Trinajstić information content (AvgIpc) is 2.71. The van der Waals surface area contributed by atoms with Crippen LogP contribution in [0.5, 0.6) is 0 Å². The molecule has 0 aliphatic heterocycles. The van der Waals surface area contributed by atoms with Gasteiger partial charge in [-0.2, -0.15) is 0 Å². The molecule has 1 heterocycles. The number of aromatic nitrogens is 3. The highest BCUT2D eigenvalue weighted by molar-refractivity contribution is 5.72. The predicted molar refractivity (Wildman–Crippen MR) is 61.0 cm³/mol. The zero-order valence-corrected chi connectivity index (χ0v) is 9.14. The van der Waals surface area contributed by atoms with Crippen molar-refractivity contribution in [1.82, 2.24) is 14.8 Å². The number of nitrogens with zero attached hydrogens (tertiary/aromatic N) is 3. The minimum Gasteiger partial charge on any atom is -0.357 e. The Morgan fingerprint density at radius 3 is 2.81 bits per heavy atom. The molecule has 0 aliphatic carbocycles. The number of aryl methyl sites for hydroxylation is 1. The van der Waals surface area contributed by atoms with Crippen LogP contribution in [0.3, 0.4) is 0 Å². The van der Waals surface area contributed by atoms with Crippen LogP contribution in [0, 0.1) is 6.92 Å². The molecule has 0 unspecified atom stereocenters. The van der Waals surface area contributed by atoms with Gasteiger partial charge in [-0.15, -0.1) is 10.2 Å². The van der Waals surface area contributed by atoms with Crippen LogP contribution < -0.4 is 5.32 Å². The van der Waals surface area contributed by atoms with Crippen molar-refractivity contribution in [3.8, 4) is 5.69 Å².